The molecule has 2 rings (SSSR count). The topological polar surface area (TPSA) is 44.8 Å². The third-order valence-electron chi connectivity index (χ3n) is 4.09. The lowest BCUT2D eigenvalue weighted by atomic mass is 9.75. The second-order valence-corrected chi connectivity index (χ2v) is 6.03. The molecule has 0 bridgehead atoms. The van der Waals surface area contributed by atoms with Gasteiger partial charge in [0.05, 0.1) is 23.9 Å². The Morgan fingerprint density at radius 1 is 1.09 bits per heavy atom. The first kappa shape index (κ1) is 16.8. The third kappa shape index (κ3) is 2.50. The summed E-state index contributed by atoms with van der Waals surface area (Å²) < 4.78 is 56.7. The van der Waals surface area contributed by atoms with Crippen LogP contribution in [0.15, 0.2) is 6.07 Å². The number of carbonyl (C=O) groups excluding carboxylic acids is 1. The molecular weight excluding hydrogens is 300 g/mol. The summed E-state index contributed by atoms with van der Waals surface area (Å²) in [5.74, 6) is -5.95. The molecule has 0 aliphatic carbocycles. The van der Waals surface area contributed by atoms with Crippen LogP contribution in [0.4, 0.5) is 13.2 Å². The summed E-state index contributed by atoms with van der Waals surface area (Å²) >= 11 is 0. The van der Waals surface area contributed by atoms with Gasteiger partial charge in [-0.05, 0) is 33.8 Å². The molecule has 0 saturated carbocycles. The molecule has 1 aliphatic heterocycles. The van der Waals surface area contributed by atoms with Crippen LogP contribution in [0.5, 0.6) is 0 Å². The van der Waals surface area contributed by atoms with Crippen LogP contribution in [0.3, 0.4) is 0 Å². The quantitative estimate of drug-likeness (QED) is 0.477. The van der Waals surface area contributed by atoms with Gasteiger partial charge in [0, 0.05) is 5.46 Å². The lowest BCUT2D eigenvalue weighted by Gasteiger charge is -2.32. The second kappa shape index (κ2) is 5.28. The van der Waals surface area contributed by atoms with Crippen LogP contribution < -0.4 is 5.46 Å². The van der Waals surface area contributed by atoms with Gasteiger partial charge in [-0.1, -0.05) is 0 Å². The molecular formula is C14H16BF3O4. The minimum absolute atomic E-state index is 0.248. The lowest BCUT2D eigenvalue weighted by Crippen LogP contribution is -2.41. The van der Waals surface area contributed by atoms with Crippen molar-refractivity contribution >= 4 is 18.6 Å². The van der Waals surface area contributed by atoms with Gasteiger partial charge in [0.2, 0.25) is 0 Å². The van der Waals surface area contributed by atoms with Crippen LogP contribution in [-0.4, -0.2) is 31.4 Å². The smallest absolute Gasteiger partial charge is 0.465 e. The molecule has 120 valence electrons. The van der Waals surface area contributed by atoms with Gasteiger partial charge in [0.25, 0.3) is 0 Å². The molecule has 0 unspecified atom stereocenters. The maximum Gasteiger partial charge on any atom is 0.495 e. The number of methoxy groups -OCH3 is 1. The molecule has 1 aliphatic rings. The van der Waals surface area contributed by atoms with Crippen molar-refractivity contribution in [3.63, 3.8) is 0 Å². The summed E-state index contributed by atoms with van der Waals surface area (Å²) in [6, 6.07) is 0.687. The first-order valence-corrected chi connectivity index (χ1v) is 6.63. The summed E-state index contributed by atoms with van der Waals surface area (Å²) in [5.41, 5.74) is -2.56. The largest absolute Gasteiger partial charge is 0.495 e. The fourth-order valence-electron chi connectivity index (χ4n) is 2.08. The zero-order valence-corrected chi connectivity index (χ0v) is 12.9. The molecule has 0 atom stereocenters. The van der Waals surface area contributed by atoms with Crippen molar-refractivity contribution in [2.45, 2.75) is 38.9 Å². The van der Waals surface area contributed by atoms with E-state index < -0.39 is 47.3 Å². The summed E-state index contributed by atoms with van der Waals surface area (Å²) in [7, 11) is -0.208. The summed E-state index contributed by atoms with van der Waals surface area (Å²) in [6.07, 6.45) is 0. The van der Waals surface area contributed by atoms with Gasteiger partial charge in [-0.2, -0.15) is 0 Å². The van der Waals surface area contributed by atoms with E-state index in [-0.39, 0.29) is 5.46 Å². The molecule has 8 heteroatoms. The van der Waals surface area contributed by atoms with E-state index in [4.69, 9.17) is 9.31 Å². The van der Waals surface area contributed by atoms with Crippen molar-refractivity contribution in [1.29, 1.82) is 0 Å². The lowest BCUT2D eigenvalue weighted by molar-refractivity contribution is 0.00578. The van der Waals surface area contributed by atoms with Crippen LogP contribution in [0.2, 0.25) is 0 Å². The Bertz CT molecular complexity index is 615. The highest BCUT2D eigenvalue weighted by Gasteiger charge is 2.53. The first-order chi connectivity index (χ1) is 10.0. The number of ether oxygens (including phenoxy) is 1. The minimum Gasteiger partial charge on any atom is -0.465 e. The zero-order valence-electron chi connectivity index (χ0n) is 12.9. The molecule has 1 heterocycles. The maximum absolute atomic E-state index is 14.0. The standard InChI is InChI=1S/C14H16BF3O4/c1-13(2)14(3,4)22-15(21-13)7-6-8(16)10(17)11(18)9(7)12(19)20-5/h6H,1-5H3. The van der Waals surface area contributed by atoms with Crippen molar-refractivity contribution in [1.82, 2.24) is 0 Å². The molecule has 4 nitrogen and oxygen atoms in total. The van der Waals surface area contributed by atoms with E-state index in [1.165, 1.54) is 0 Å². The van der Waals surface area contributed by atoms with E-state index in [0.717, 1.165) is 7.11 Å². The fraction of sp³-hybridized carbons (Fsp3) is 0.500. The molecule has 1 aromatic rings. The van der Waals surface area contributed by atoms with Gasteiger partial charge >= 0.3 is 13.1 Å². The number of hydrogen-bond donors (Lipinski definition) is 0. The van der Waals surface area contributed by atoms with E-state index >= 15 is 0 Å². The number of esters is 1. The van der Waals surface area contributed by atoms with Crippen molar-refractivity contribution in [2.24, 2.45) is 0 Å². The highest BCUT2D eigenvalue weighted by atomic mass is 19.2. The van der Waals surface area contributed by atoms with Crippen molar-refractivity contribution in [3.8, 4) is 0 Å². The normalized spacial score (nSPS) is 19.4. The van der Waals surface area contributed by atoms with E-state index in [1.54, 1.807) is 27.7 Å². The minimum atomic E-state index is -1.75. The van der Waals surface area contributed by atoms with Crippen molar-refractivity contribution in [2.75, 3.05) is 7.11 Å². The van der Waals surface area contributed by atoms with Gasteiger partial charge in [0.15, 0.2) is 17.5 Å². The van der Waals surface area contributed by atoms with Gasteiger partial charge in [0.1, 0.15) is 0 Å². The Hall–Kier alpha value is -1.54. The van der Waals surface area contributed by atoms with Gasteiger partial charge in [-0.15, -0.1) is 0 Å². The average Bonchev–Trinajstić information content (AvgIpc) is 2.63. The zero-order chi connectivity index (χ0) is 16.9. The summed E-state index contributed by atoms with van der Waals surface area (Å²) in [4.78, 5) is 11.7. The number of halogens is 3. The third-order valence-corrected chi connectivity index (χ3v) is 4.09. The molecule has 1 fully saturated rings. The first-order valence-electron chi connectivity index (χ1n) is 6.63. The molecule has 1 aromatic carbocycles. The predicted octanol–water partition coefficient (Wildman–Crippen LogP) is 2.19. The molecule has 0 N–H and O–H groups in total. The molecule has 0 spiro atoms. The second-order valence-electron chi connectivity index (χ2n) is 6.03. The number of carbonyl (C=O) groups is 1. The van der Waals surface area contributed by atoms with E-state index in [1.807, 2.05) is 0 Å². The van der Waals surface area contributed by atoms with Gasteiger partial charge in [-0.3, -0.25) is 0 Å². The van der Waals surface area contributed by atoms with Crippen LogP contribution in [-0.2, 0) is 14.0 Å². The Morgan fingerprint density at radius 2 is 1.59 bits per heavy atom. The van der Waals surface area contributed by atoms with Crippen molar-refractivity contribution in [3.05, 3.63) is 29.1 Å². The van der Waals surface area contributed by atoms with Crippen LogP contribution in [0.25, 0.3) is 0 Å². The molecule has 0 radical (unpaired) electrons. The SMILES string of the molecule is COC(=O)c1c(B2OC(C)(C)C(C)(C)O2)cc(F)c(F)c1F. The maximum atomic E-state index is 14.0. The predicted molar refractivity (Wildman–Crippen MR) is 73.4 cm³/mol. The Kier molecular flexibility index (Phi) is 4.04. The Balaban J connectivity index is 2.59. The summed E-state index contributed by atoms with van der Waals surface area (Å²) in [6.45, 7) is 6.95. The van der Waals surface area contributed by atoms with Crippen LogP contribution in [0.1, 0.15) is 38.1 Å². The molecule has 22 heavy (non-hydrogen) atoms. The molecule has 0 aromatic heterocycles. The highest BCUT2D eigenvalue weighted by Crippen LogP contribution is 2.37. The number of rotatable bonds is 2. The fourth-order valence-corrected chi connectivity index (χ4v) is 2.08. The summed E-state index contributed by atoms with van der Waals surface area (Å²) in [5, 5.41) is 0. The van der Waals surface area contributed by atoms with Crippen LogP contribution in [0, 0.1) is 17.5 Å². The van der Waals surface area contributed by atoms with E-state index in [2.05, 4.69) is 4.74 Å². The van der Waals surface area contributed by atoms with Gasteiger partial charge < -0.3 is 14.0 Å². The average molecular weight is 316 g/mol. The number of benzene rings is 1. The number of hydrogen-bond acceptors (Lipinski definition) is 4. The Morgan fingerprint density at radius 3 is 2.05 bits per heavy atom. The van der Waals surface area contributed by atoms with Crippen molar-refractivity contribution < 1.29 is 32.0 Å². The Labute approximate surface area is 126 Å². The van der Waals surface area contributed by atoms with Gasteiger partial charge in [-0.25, -0.2) is 18.0 Å². The molecule has 0 amide bonds. The highest BCUT2D eigenvalue weighted by molar-refractivity contribution is 6.63. The van der Waals surface area contributed by atoms with E-state index in [9.17, 15) is 18.0 Å². The monoisotopic (exact) mass is 316 g/mol. The van der Waals surface area contributed by atoms with Crippen LogP contribution >= 0.6 is 0 Å². The molecule has 1 saturated heterocycles. The van der Waals surface area contributed by atoms with E-state index in [0.29, 0.717) is 6.07 Å².